The van der Waals surface area contributed by atoms with Crippen molar-refractivity contribution in [1.29, 1.82) is 0 Å². The van der Waals surface area contributed by atoms with Crippen molar-refractivity contribution in [3.63, 3.8) is 0 Å². The van der Waals surface area contributed by atoms with E-state index in [1.165, 1.54) is 0 Å². The fraction of sp³-hybridized carbons (Fsp3) is 0.714. The molecule has 2 amide bonds. The summed E-state index contributed by atoms with van der Waals surface area (Å²) in [6, 6.07) is -2.50. The van der Waals surface area contributed by atoms with E-state index in [4.69, 9.17) is 31.6 Å². The third kappa shape index (κ3) is 20.3. The topological polar surface area (TPSA) is 234 Å². The minimum atomic E-state index is -5.08. The highest BCUT2D eigenvalue weighted by Gasteiger charge is 2.38. The van der Waals surface area contributed by atoms with E-state index in [-0.39, 0.29) is 12.4 Å². The van der Waals surface area contributed by atoms with Gasteiger partial charge in [-0.25, -0.2) is 9.59 Å². The normalized spacial score (nSPS) is 12.4. The molecule has 0 unspecified atom stereocenters. The molecule has 9 N–H and O–H groups in total. The molecule has 0 saturated heterocycles. The Hall–Kier alpha value is -3.59. The first-order valence-corrected chi connectivity index (χ1v) is 11.4. The van der Waals surface area contributed by atoms with Crippen molar-refractivity contribution in [1.82, 2.24) is 10.6 Å². The highest BCUT2D eigenvalue weighted by Crippen LogP contribution is 2.13. The second kappa shape index (κ2) is 18.6. The van der Waals surface area contributed by atoms with Crippen molar-refractivity contribution < 1.29 is 52.5 Å². The van der Waals surface area contributed by atoms with Crippen LogP contribution < -0.4 is 22.1 Å². The maximum Gasteiger partial charge on any atom is 0.490 e. The molecule has 13 nitrogen and oxygen atoms in total. The van der Waals surface area contributed by atoms with Crippen molar-refractivity contribution in [2.45, 2.75) is 83.5 Å². The van der Waals surface area contributed by atoms with Gasteiger partial charge in [-0.1, -0.05) is 39.5 Å². The molecule has 0 aliphatic heterocycles. The van der Waals surface area contributed by atoms with E-state index in [0.29, 0.717) is 13.0 Å². The maximum atomic E-state index is 12.3. The number of guanidine groups is 1. The summed E-state index contributed by atoms with van der Waals surface area (Å²) >= 11 is 0. The lowest BCUT2D eigenvalue weighted by molar-refractivity contribution is -0.192. The lowest BCUT2D eigenvalue weighted by Gasteiger charge is -2.22. The number of halogens is 3. The molecule has 0 aliphatic rings. The zero-order chi connectivity index (χ0) is 29.2. The Balaban J connectivity index is 0. The zero-order valence-electron chi connectivity index (χ0n) is 20.7. The van der Waals surface area contributed by atoms with Crippen LogP contribution in [-0.2, 0) is 24.0 Å². The van der Waals surface area contributed by atoms with Crippen LogP contribution in [0.2, 0.25) is 0 Å². The van der Waals surface area contributed by atoms with E-state index in [1.807, 2.05) is 0 Å². The van der Waals surface area contributed by atoms with Crippen LogP contribution in [0.3, 0.4) is 0 Å². The van der Waals surface area contributed by atoms with Gasteiger partial charge in [0.15, 0.2) is 5.96 Å². The Kier molecular flexibility index (Phi) is 17.9. The van der Waals surface area contributed by atoms with E-state index in [2.05, 4.69) is 15.6 Å². The van der Waals surface area contributed by atoms with Gasteiger partial charge in [0.2, 0.25) is 11.8 Å². The summed E-state index contributed by atoms with van der Waals surface area (Å²) < 4.78 is 31.7. The Labute approximate surface area is 211 Å². The molecule has 0 saturated carbocycles. The summed E-state index contributed by atoms with van der Waals surface area (Å²) in [5, 5.41) is 30.0. The number of nitrogens with zero attached hydrogens (tertiary/aromatic N) is 1. The van der Waals surface area contributed by atoms with Gasteiger partial charge in [-0.3, -0.25) is 19.4 Å². The molecule has 214 valence electrons. The molecule has 0 fully saturated rings. The number of amides is 2. The quantitative estimate of drug-likeness (QED) is 0.0821. The number of aliphatic carboxylic acids is 3. The number of carboxylic acids is 3. The van der Waals surface area contributed by atoms with Gasteiger partial charge in [0, 0.05) is 13.0 Å². The number of alkyl halides is 3. The smallest absolute Gasteiger partial charge is 0.481 e. The maximum absolute atomic E-state index is 12.3. The average Bonchev–Trinajstić information content (AvgIpc) is 2.74. The molecule has 0 radical (unpaired) electrons. The Morgan fingerprint density at radius 2 is 1.35 bits per heavy atom. The van der Waals surface area contributed by atoms with Crippen LogP contribution in [0.1, 0.15) is 65.2 Å². The number of aliphatic imine (C=N–C) groups is 1. The number of carboxylic acid groups (broad SMARTS) is 3. The molecule has 0 rings (SSSR count). The average molecular weight is 544 g/mol. The van der Waals surface area contributed by atoms with Crippen molar-refractivity contribution in [3.05, 3.63) is 0 Å². The number of carbonyl (C=O) groups excluding carboxylic acids is 2. The standard InChI is InChI=1S/C19H35N5O6.C2HF3O2/c1-12(2)16(18(29)30)24-17(28)13(11-15(26)27)23-14(25)9-7-5-3-4-6-8-10-22-19(20)21;3-2(4,5)1(6)7/h12-13,16H,3-11H2,1-2H3,(H,23,25)(H,24,28)(H,26,27)(H,29,30)(H4,20,21,22);(H,6,7)/t13-,16-;/m0./s1. The van der Waals surface area contributed by atoms with Crippen LogP contribution in [0.5, 0.6) is 0 Å². The van der Waals surface area contributed by atoms with Gasteiger partial charge in [0.05, 0.1) is 6.42 Å². The molecular weight excluding hydrogens is 507 g/mol. The van der Waals surface area contributed by atoms with Crippen LogP contribution in [0.4, 0.5) is 13.2 Å². The van der Waals surface area contributed by atoms with Crippen molar-refractivity contribution >= 4 is 35.7 Å². The molecule has 0 bridgehead atoms. The van der Waals surface area contributed by atoms with Gasteiger partial charge in [-0.05, 0) is 18.8 Å². The highest BCUT2D eigenvalue weighted by molar-refractivity contribution is 5.92. The monoisotopic (exact) mass is 543 g/mol. The lowest BCUT2D eigenvalue weighted by Crippen LogP contribution is -2.53. The fourth-order valence-electron chi connectivity index (χ4n) is 2.73. The van der Waals surface area contributed by atoms with E-state index < -0.39 is 60.3 Å². The molecule has 0 aromatic rings. The summed E-state index contributed by atoms with van der Waals surface area (Å²) in [5.74, 6) is -6.84. The Morgan fingerprint density at radius 1 is 0.865 bits per heavy atom. The number of rotatable bonds is 16. The molecule has 0 aromatic heterocycles. The molecule has 0 aliphatic carbocycles. The number of nitrogens with two attached hydrogens (primary N) is 2. The predicted octanol–water partition coefficient (Wildman–Crippen LogP) is 0.809. The molecular formula is C21H36F3N5O8. The summed E-state index contributed by atoms with van der Waals surface area (Å²) in [6.45, 7) is 3.83. The van der Waals surface area contributed by atoms with Crippen molar-refractivity contribution in [3.8, 4) is 0 Å². The first-order valence-electron chi connectivity index (χ1n) is 11.4. The molecule has 2 atom stereocenters. The summed E-state index contributed by atoms with van der Waals surface area (Å²) in [4.78, 5) is 59.4. The molecule has 16 heteroatoms. The number of hydrogen-bond donors (Lipinski definition) is 7. The van der Waals surface area contributed by atoms with E-state index in [1.54, 1.807) is 13.8 Å². The minimum Gasteiger partial charge on any atom is -0.481 e. The van der Waals surface area contributed by atoms with Gasteiger partial charge < -0.3 is 37.4 Å². The fourth-order valence-corrected chi connectivity index (χ4v) is 2.73. The number of carbonyl (C=O) groups is 5. The lowest BCUT2D eigenvalue weighted by atomic mass is 10.0. The van der Waals surface area contributed by atoms with Crippen LogP contribution in [0.25, 0.3) is 0 Å². The van der Waals surface area contributed by atoms with Gasteiger partial charge >= 0.3 is 24.1 Å². The van der Waals surface area contributed by atoms with E-state index in [0.717, 1.165) is 32.1 Å². The van der Waals surface area contributed by atoms with Gasteiger partial charge in [0.25, 0.3) is 0 Å². The Morgan fingerprint density at radius 3 is 1.76 bits per heavy atom. The number of nitrogens with one attached hydrogen (secondary N) is 2. The third-order valence-corrected chi connectivity index (χ3v) is 4.61. The summed E-state index contributed by atoms with van der Waals surface area (Å²) in [5.41, 5.74) is 10.5. The second-order valence-electron chi connectivity index (χ2n) is 8.27. The second-order valence-corrected chi connectivity index (χ2v) is 8.27. The SMILES string of the molecule is CC(C)[C@H](NC(=O)[C@H](CC(=O)O)NC(=O)CCCCCCCCN=C(N)N)C(=O)O.O=C(O)C(F)(F)F. The Bertz CT molecular complexity index is 787. The van der Waals surface area contributed by atoms with Crippen molar-refractivity contribution in [2.24, 2.45) is 22.4 Å². The third-order valence-electron chi connectivity index (χ3n) is 4.61. The molecule has 37 heavy (non-hydrogen) atoms. The highest BCUT2D eigenvalue weighted by atomic mass is 19.4. The number of hydrogen-bond acceptors (Lipinski definition) is 6. The molecule has 0 heterocycles. The van der Waals surface area contributed by atoms with Crippen LogP contribution in [-0.4, -0.2) is 75.8 Å². The first-order chi connectivity index (χ1) is 17.0. The van der Waals surface area contributed by atoms with Crippen molar-refractivity contribution in [2.75, 3.05) is 6.54 Å². The van der Waals surface area contributed by atoms with Crippen LogP contribution >= 0.6 is 0 Å². The predicted molar refractivity (Wildman–Crippen MR) is 125 cm³/mol. The largest absolute Gasteiger partial charge is 0.490 e. The minimum absolute atomic E-state index is 0.0820. The first kappa shape index (κ1) is 35.6. The van der Waals surface area contributed by atoms with Crippen LogP contribution in [0.15, 0.2) is 4.99 Å². The summed E-state index contributed by atoms with van der Waals surface area (Å²) in [7, 11) is 0. The molecule has 0 aromatic carbocycles. The zero-order valence-corrected chi connectivity index (χ0v) is 20.7. The van der Waals surface area contributed by atoms with Gasteiger partial charge in [0.1, 0.15) is 12.1 Å². The van der Waals surface area contributed by atoms with Crippen LogP contribution in [0, 0.1) is 5.92 Å². The van der Waals surface area contributed by atoms with E-state index >= 15 is 0 Å². The number of unbranched alkanes of at least 4 members (excludes halogenated alkanes) is 5. The molecule has 0 spiro atoms. The van der Waals surface area contributed by atoms with Gasteiger partial charge in [-0.15, -0.1) is 0 Å². The van der Waals surface area contributed by atoms with E-state index in [9.17, 15) is 32.3 Å². The summed E-state index contributed by atoms with van der Waals surface area (Å²) in [6.07, 6.45) is -0.352. The van der Waals surface area contributed by atoms with Gasteiger partial charge in [-0.2, -0.15) is 13.2 Å².